The number of halogens is 2. The highest BCUT2D eigenvalue weighted by Gasteiger charge is 2.39. The first kappa shape index (κ1) is 27.4. The molecule has 10 heteroatoms. The number of pyridine rings is 1. The second-order valence-electron chi connectivity index (χ2n) is 11.0. The minimum atomic E-state index is -0.607. The number of carbonyl (C=O) groups is 3. The molecule has 0 aliphatic carbocycles. The van der Waals surface area contributed by atoms with Gasteiger partial charge in [-0.25, -0.2) is 9.37 Å². The molecule has 1 unspecified atom stereocenters. The molecule has 1 aromatic heterocycles. The number of fused-ring (bicyclic) bond motifs is 1. The number of benzene rings is 2. The van der Waals surface area contributed by atoms with E-state index in [9.17, 15) is 14.4 Å². The lowest BCUT2D eigenvalue weighted by Crippen LogP contribution is -2.52. The number of hydrogen-bond donors (Lipinski definition) is 2. The van der Waals surface area contributed by atoms with Gasteiger partial charge in [0.05, 0.1) is 0 Å². The van der Waals surface area contributed by atoms with Crippen molar-refractivity contribution in [3.05, 3.63) is 82.3 Å². The molecule has 3 aliphatic heterocycles. The predicted octanol–water partition coefficient (Wildman–Crippen LogP) is 4.31. The van der Waals surface area contributed by atoms with Crippen LogP contribution in [-0.4, -0.2) is 53.3 Å². The van der Waals surface area contributed by atoms with Crippen LogP contribution in [0.5, 0.6) is 0 Å². The normalized spacial score (nSPS) is 19.5. The highest BCUT2D eigenvalue weighted by molar-refractivity contribution is 6.33. The summed E-state index contributed by atoms with van der Waals surface area (Å²) in [4.78, 5) is 44.7. The Balaban J connectivity index is 0.992. The molecule has 0 spiro atoms. The van der Waals surface area contributed by atoms with E-state index in [0.29, 0.717) is 47.4 Å². The van der Waals surface area contributed by atoms with E-state index < -0.39 is 11.9 Å². The smallest absolute Gasteiger partial charge is 0.255 e. The minimum absolute atomic E-state index is 0.162. The van der Waals surface area contributed by atoms with Gasteiger partial charge in [0.1, 0.15) is 6.04 Å². The van der Waals surface area contributed by atoms with Crippen molar-refractivity contribution >= 4 is 35.1 Å². The molecule has 2 saturated heterocycles. The number of anilines is 1. The monoisotopic (exact) mass is 575 g/mol. The summed E-state index contributed by atoms with van der Waals surface area (Å²) in [6.45, 7) is 3.35. The van der Waals surface area contributed by atoms with Gasteiger partial charge >= 0.3 is 0 Å². The fourth-order valence-corrected chi connectivity index (χ4v) is 6.26. The third-order valence-electron chi connectivity index (χ3n) is 8.27. The van der Waals surface area contributed by atoms with Gasteiger partial charge in [0.25, 0.3) is 5.91 Å². The zero-order valence-corrected chi connectivity index (χ0v) is 23.3. The van der Waals surface area contributed by atoms with Crippen LogP contribution in [0.3, 0.4) is 0 Å². The zero-order valence-electron chi connectivity index (χ0n) is 22.5. The number of hydrogen-bond acceptors (Lipinski definition) is 6. The van der Waals surface area contributed by atoms with Gasteiger partial charge in [-0.1, -0.05) is 41.9 Å². The minimum Gasteiger partial charge on any atom is -0.354 e. The summed E-state index contributed by atoms with van der Waals surface area (Å²) >= 11 is 6.27. The molecule has 0 bridgehead atoms. The van der Waals surface area contributed by atoms with Crippen LogP contribution < -0.4 is 15.5 Å². The highest BCUT2D eigenvalue weighted by atomic mass is 35.5. The number of nitrogens with zero attached hydrogens (tertiary/aromatic N) is 3. The molecule has 3 aromatic rings. The molecule has 6 rings (SSSR count). The topological polar surface area (TPSA) is 94.6 Å². The number of rotatable bonds is 7. The lowest BCUT2D eigenvalue weighted by molar-refractivity contribution is -0.136. The molecule has 1 atom stereocenters. The van der Waals surface area contributed by atoms with Crippen molar-refractivity contribution in [3.8, 4) is 11.1 Å². The average molecular weight is 576 g/mol. The molecule has 4 heterocycles. The lowest BCUT2D eigenvalue weighted by atomic mass is 9.96. The van der Waals surface area contributed by atoms with Crippen LogP contribution in [0, 0.1) is 11.7 Å². The lowest BCUT2D eigenvalue weighted by Gasteiger charge is -2.33. The van der Waals surface area contributed by atoms with E-state index in [1.54, 1.807) is 17.2 Å². The zero-order chi connectivity index (χ0) is 28.5. The SMILES string of the molecule is O=C1CCC(N2Cc3cc(CNCC4CCN(c5ncc(-c6ccccc6Cl)cc5F)CC4)ccc3C2=O)C(=O)N1. The Bertz CT molecular complexity index is 1510. The predicted molar refractivity (Wildman–Crippen MR) is 154 cm³/mol. The number of amides is 3. The van der Waals surface area contributed by atoms with E-state index >= 15 is 4.39 Å². The van der Waals surface area contributed by atoms with Gasteiger partial charge in [-0.15, -0.1) is 0 Å². The molecule has 3 aliphatic rings. The van der Waals surface area contributed by atoms with Crippen molar-refractivity contribution in [2.24, 2.45) is 5.92 Å². The second kappa shape index (κ2) is 11.6. The molecule has 0 saturated carbocycles. The summed E-state index contributed by atoms with van der Waals surface area (Å²) in [6.07, 6.45) is 4.14. The van der Waals surface area contributed by atoms with Crippen molar-refractivity contribution in [2.75, 3.05) is 24.5 Å². The second-order valence-corrected chi connectivity index (χ2v) is 11.4. The summed E-state index contributed by atoms with van der Waals surface area (Å²) in [5.74, 6) is -0.345. The Morgan fingerprint density at radius 2 is 1.83 bits per heavy atom. The quantitative estimate of drug-likeness (QED) is 0.408. The summed E-state index contributed by atoms with van der Waals surface area (Å²) in [5.41, 5.74) is 4.02. The van der Waals surface area contributed by atoms with Gasteiger partial charge in [0.15, 0.2) is 11.6 Å². The highest BCUT2D eigenvalue weighted by Crippen LogP contribution is 2.31. The molecule has 2 aromatic carbocycles. The Kier molecular flexibility index (Phi) is 7.73. The standard InChI is InChI=1S/C31H31ClFN5O3/c32-25-4-2-1-3-23(25)21-14-26(33)29(35-17-21)37-11-9-19(10-12-37)15-34-16-20-5-6-24-22(13-20)18-38(31(24)41)27-7-8-28(39)36-30(27)40/h1-6,13-14,17,19,27,34H,7-12,15-16,18H2,(H,36,39,40). The Morgan fingerprint density at radius 3 is 2.59 bits per heavy atom. The van der Waals surface area contributed by atoms with Crippen LogP contribution in [-0.2, 0) is 22.7 Å². The van der Waals surface area contributed by atoms with Crippen molar-refractivity contribution in [1.82, 2.24) is 20.5 Å². The first-order chi connectivity index (χ1) is 19.9. The number of nitrogens with one attached hydrogen (secondary N) is 2. The third kappa shape index (κ3) is 5.69. The maximum Gasteiger partial charge on any atom is 0.255 e. The van der Waals surface area contributed by atoms with E-state index in [2.05, 4.69) is 15.6 Å². The van der Waals surface area contributed by atoms with Crippen LogP contribution in [0.25, 0.3) is 11.1 Å². The van der Waals surface area contributed by atoms with Crippen LogP contribution in [0.2, 0.25) is 5.02 Å². The molecule has 8 nitrogen and oxygen atoms in total. The largest absolute Gasteiger partial charge is 0.354 e. The van der Waals surface area contributed by atoms with Crippen LogP contribution in [0.4, 0.5) is 10.2 Å². The van der Waals surface area contributed by atoms with Gasteiger partial charge in [0, 0.05) is 60.5 Å². The molecular weight excluding hydrogens is 545 g/mol. The number of imide groups is 1. The fraction of sp³-hybridized carbons (Fsp3) is 0.355. The van der Waals surface area contributed by atoms with Crippen molar-refractivity contribution in [1.29, 1.82) is 0 Å². The fourth-order valence-electron chi connectivity index (χ4n) is 6.01. The maximum absolute atomic E-state index is 15.0. The summed E-state index contributed by atoms with van der Waals surface area (Å²) in [5, 5.41) is 6.44. The first-order valence-electron chi connectivity index (χ1n) is 14.0. The van der Waals surface area contributed by atoms with Gasteiger partial charge in [-0.2, -0.15) is 0 Å². The van der Waals surface area contributed by atoms with E-state index in [1.165, 1.54) is 6.07 Å². The first-order valence-corrected chi connectivity index (χ1v) is 14.4. The Labute approximate surface area is 242 Å². The Morgan fingerprint density at radius 1 is 1.02 bits per heavy atom. The molecule has 212 valence electrons. The molecule has 2 N–H and O–H groups in total. The van der Waals surface area contributed by atoms with E-state index in [1.807, 2.05) is 41.3 Å². The molecule has 0 radical (unpaired) electrons. The molecule has 41 heavy (non-hydrogen) atoms. The van der Waals surface area contributed by atoms with Crippen molar-refractivity contribution < 1.29 is 18.8 Å². The number of piperidine rings is 2. The summed E-state index contributed by atoms with van der Waals surface area (Å²) < 4.78 is 15.0. The van der Waals surface area contributed by atoms with E-state index in [0.717, 1.165) is 49.2 Å². The van der Waals surface area contributed by atoms with Crippen molar-refractivity contribution in [2.45, 2.75) is 44.8 Å². The van der Waals surface area contributed by atoms with Crippen molar-refractivity contribution in [3.63, 3.8) is 0 Å². The van der Waals surface area contributed by atoms with E-state index in [-0.39, 0.29) is 24.1 Å². The average Bonchev–Trinajstić information content (AvgIpc) is 3.29. The van der Waals surface area contributed by atoms with Crippen LogP contribution >= 0.6 is 11.6 Å². The number of aromatic nitrogens is 1. The number of carbonyl (C=O) groups excluding carboxylic acids is 3. The van der Waals surface area contributed by atoms with Crippen LogP contribution in [0.15, 0.2) is 54.7 Å². The van der Waals surface area contributed by atoms with E-state index in [4.69, 9.17) is 11.6 Å². The van der Waals surface area contributed by atoms with Gasteiger partial charge in [-0.05, 0) is 61.1 Å². The summed E-state index contributed by atoms with van der Waals surface area (Å²) in [7, 11) is 0. The third-order valence-corrected chi connectivity index (χ3v) is 8.60. The van der Waals surface area contributed by atoms with Crippen LogP contribution in [0.1, 0.15) is 47.2 Å². The molecule has 2 fully saturated rings. The Hall–Kier alpha value is -3.82. The van der Waals surface area contributed by atoms with Gasteiger partial charge in [-0.3, -0.25) is 19.7 Å². The molecule has 3 amide bonds. The summed E-state index contributed by atoms with van der Waals surface area (Å²) in [6, 6.07) is 14.0. The maximum atomic E-state index is 15.0. The van der Waals surface area contributed by atoms with Gasteiger partial charge < -0.3 is 15.1 Å². The molecular formula is C31H31ClFN5O3. The van der Waals surface area contributed by atoms with Gasteiger partial charge in [0.2, 0.25) is 11.8 Å².